The molecule has 1 aromatic carbocycles. The van der Waals surface area contributed by atoms with Gasteiger partial charge in [0.15, 0.2) is 0 Å². The van der Waals surface area contributed by atoms with Crippen LogP contribution in [-0.4, -0.2) is 14.2 Å². The number of aryl methyl sites for hydroxylation is 1. The number of ether oxygens (including phenoxy) is 1. The zero-order valence-electron chi connectivity index (χ0n) is 7.80. The summed E-state index contributed by atoms with van der Waals surface area (Å²) in [4.78, 5) is 0. The molecule has 0 aliphatic rings. The zero-order chi connectivity index (χ0) is 9.40. The van der Waals surface area contributed by atoms with Crippen LogP contribution in [0.25, 0.3) is 0 Å². The molecular formula is C10H15IO. The lowest BCUT2D eigenvalue weighted by molar-refractivity contribution is 0.277. The topological polar surface area (TPSA) is 9.23 Å². The molecule has 2 heteroatoms. The average Bonchev–Trinajstić information content (AvgIpc) is 2.06. The van der Waals surface area contributed by atoms with Crippen LogP contribution in [0, 0.1) is 3.57 Å². The molecule has 0 heterocycles. The second-order valence-corrected chi connectivity index (χ2v) is 3.64. The monoisotopic (exact) mass is 278 g/mol. The Kier molecular flexibility index (Phi) is 7.50. The lowest BCUT2D eigenvalue weighted by Gasteiger charge is -1.94. The molecule has 1 rings (SSSR count). The summed E-state index contributed by atoms with van der Waals surface area (Å²) < 4.78 is 5.58. The molecular weight excluding hydrogens is 263 g/mol. The van der Waals surface area contributed by atoms with Gasteiger partial charge in [0.05, 0.1) is 0 Å². The molecule has 0 aromatic heterocycles. The maximum absolute atomic E-state index is 4.25. The Hall–Kier alpha value is -0.0900. The van der Waals surface area contributed by atoms with Gasteiger partial charge in [0, 0.05) is 17.8 Å². The molecule has 0 bridgehead atoms. The van der Waals surface area contributed by atoms with Crippen molar-refractivity contribution in [3.8, 4) is 0 Å². The maximum Gasteiger partial charge on any atom is 0.0351 e. The number of halogens is 1. The zero-order valence-corrected chi connectivity index (χ0v) is 9.96. The van der Waals surface area contributed by atoms with E-state index in [-0.39, 0.29) is 0 Å². The van der Waals surface area contributed by atoms with Crippen molar-refractivity contribution in [3.05, 3.63) is 33.4 Å². The van der Waals surface area contributed by atoms with Crippen molar-refractivity contribution in [1.82, 2.24) is 0 Å². The van der Waals surface area contributed by atoms with E-state index in [0.29, 0.717) is 0 Å². The molecule has 0 saturated heterocycles. The van der Waals surface area contributed by atoms with Gasteiger partial charge in [-0.2, -0.15) is 0 Å². The minimum absolute atomic E-state index is 1.14. The Bertz CT molecular complexity index is 211. The Morgan fingerprint density at radius 3 is 2.25 bits per heavy atom. The Morgan fingerprint density at radius 2 is 1.92 bits per heavy atom. The summed E-state index contributed by atoms with van der Waals surface area (Å²) in [5.74, 6) is 0. The van der Waals surface area contributed by atoms with E-state index in [9.17, 15) is 0 Å². The summed E-state index contributed by atoms with van der Waals surface area (Å²) in [6, 6.07) is 8.57. The van der Waals surface area contributed by atoms with Crippen LogP contribution in [0.2, 0.25) is 0 Å². The van der Waals surface area contributed by atoms with Gasteiger partial charge in [-0.3, -0.25) is 0 Å². The van der Waals surface area contributed by atoms with Crippen LogP contribution in [0.3, 0.4) is 0 Å². The summed E-state index contributed by atoms with van der Waals surface area (Å²) in [6.45, 7) is 2.17. The molecule has 12 heavy (non-hydrogen) atoms. The van der Waals surface area contributed by atoms with Gasteiger partial charge in [-0.25, -0.2) is 0 Å². The van der Waals surface area contributed by atoms with Gasteiger partial charge in [0.1, 0.15) is 0 Å². The van der Waals surface area contributed by atoms with Crippen LogP contribution < -0.4 is 0 Å². The fourth-order valence-corrected chi connectivity index (χ4v) is 1.36. The fraction of sp³-hybridized carbons (Fsp3) is 0.400. The summed E-state index contributed by atoms with van der Waals surface area (Å²) in [6.07, 6.45) is 1.14. The largest absolute Gasteiger partial charge is 0.388 e. The molecule has 0 spiro atoms. The van der Waals surface area contributed by atoms with E-state index in [2.05, 4.69) is 58.5 Å². The summed E-state index contributed by atoms with van der Waals surface area (Å²) in [5.41, 5.74) is 1.42. The van der Waals surface area contributed by atoms with Gasteiger partial charge in [-0.15, -0.1) is 0 Å². The van der Waals surface area contributed by atoms with E-state index in [1.165, 1.54) is 9.13 Å². The van der Waals surface area contributed by atoms with Gasteiger partial charge < -0.3 is 4.74 Å². The van der Waals surface area contributed by atoms with Crippen LogP contribution >= 0.6 is 22.6 Å². The lowest BCUT2D eigenvalue weighted by atomic mass is 10.2. The van der Waals surface area contributed by atoms with Crippen molar-refractivity contribution in [1.29, 1.82) is 0 Å². The summed E-state index contributed by atoms with van der Waals surface area (Å²) in [7, 11) is 3.25. The van der Waals surface area contributed by atoms with E-state index in [1.54, 1.807) is 14.2 Å². The third kappa shape index (κ3) is 5.55. The lowest BCUT2D eigenvalue weighted by Crippen LogP contribution is -1.78. The highest BCUT2D eigenvalue weighted by molar-refractivity contribution is 14.1. The van der Waals surface area contributed by atoms with Crippen LogP contribution in [0.15, 0.2) is 24.3 Å². The van der Waals surface area contributed by atoms with Crippen molar-refractivity contribution in [2.24, 2.45) is 0 Å². The van der Waals surface area contributed by atoms with Gasteiger partial charge in [0.2, 0.25) is 0 Å². The fourth-order valence-electron chi connectivity index (χ4n) is 0.757. The molecule has 1 aromatic rings. The molecule has 0 N–H and O–H groups in total. The smallest absolute Gasteiger partial charge is 0.0351 e. The normalized spacial score (nSPS) is 8.67. The van der Waals surface area contributed by atoms with Crippen molar-refractivity contribution >= 4 is 22.6 Å². The second kappa shape index (κ2) is 7.55. The van der Waals surface area contributed by atoms with Crippen LogP contribution in [-0.2, 0) is 11.2 Å². The summed E-state index contributed by atoms with van der Waals surface area (Å²) >= 11 is 2.33. The van der Waals surface area contributed by atoms with Crippen molar-refractivity contribution in [2.75, 3.05) is 14.2 Å². The molecule has 0 radical (unpaired) electrons. The Balaban J connectivity index is 0.000000354. The van der Waals surface area contributed by atoms with E-state index in [1.807, 2.05) is 0 Å². The van der Waals surface area contributed by atoms with E-state index < -0.39 is 0 Å². The third-order valence-electron chi connectivity index (χ3n) is 1.30. The van der Waals surface area contributed by atoms with Crippen LogP contribution in [0.1, 0.15) is 12.5 Å². The first kappa shape index (κ1) is 11.9. The van der Waals surface area contributed by atoms with Crippen molar-refractivity contribution < 1.29 is 4.74 Å². The molecule has 0 amide bonds. The SMILES string of the molecule is CCc1cccc(I)c1.COC. The number of hydrogen-bond acceptors (Lipinski definition) is 1. The number of methoxy groups -OCH3 is 1. The molecule has 0 aliphatic carbocycles. The molecule has 1 nitrogen and oxygen atoms in total. The average molecular weight is 278 g/mol. The summed E-state index contributed by atoms with van der Waals surface area (Å²) in [5, 5.41) is 0. The predicted octanol–water partition coefficient (Wildman–Crippen LogP) is 3.12. The van der Waals surface area contributed by atoms with Gasteiger partial charge in [0.25, 0.3) is 0 Å². The highest BCUT2D eigenvalue weighted by atomic mass is 127. The van der Waals surface area contributed by atoms with E-state index >= 15 is 0 Å². The molecule has 0 atom stereocenters. The van der Waals surface area contributed by atoms with E-state index in [0.717, 1.165) is 6.42 Å². The number of benzene rings is 1. The highest BCUT2D eigenvalue weighted by Crippen LogP contribution is 2.07. The van der Waals surface area contributed by atoms with Crippen molar-refractivity contribution in [2.45, 2.75) is 13.3 Å². The van der Waals surface area contributed by atoms with E-state index in [4.69, 9.17) is 0 Å². The first-order chi connectivity index (χ1) is 5.74. The molecule has 68 valence electrons. The quantitative estimate of drug-likeness (QED) is 0.717. The highest BCUT2D eigenvalue weighted by Gasteiger charge is 1.87. The standard InChI is InChI=1S/C8H9I.C2H6O/c1-2-7-4-3-5-8(9)6-7;1-3-2/h3-6H,2H2,1H3;1-2H3. The van der Waals surface area contributed by atoms with Gasteiger partial charge in [-0.05, 0) is 46.7 Å². The molecule has 0 saturated carbocycles. The van der Waals surface area contributed by atoms with Gasteiger partial charge >= 0.3 is 0 Å². The Morgan fingerprint density at radius 1 is 1.33 bits per heavy atom. The minimum atomic E-state index is 1.14. The number of hydrogen-bond donors (Lipinski definition) is 0. The first-order valence-corrected chi connectivity index (χ1v) is 4.97. The van der Waals surface area contributed by atoms with Gasteiger partial charge in [-0.1, -0.05) is 19.1 Å². The molecule has 0 aliphatic heterocycles. The predicted molar refractivity (Wildman–Crippen MR) is 61.5 cm³/mol. The maximum atomic E-state index is 4.25. The first-order valence-electron chi connectivity index (χ1n) is 3.89. The second-order valence-electron chi connectivity index (χ2n) is 2.39. The van der Waals surface area contributed by atoms with Crippen LogP contribution in [0.4, 0.5) is 0 Å². The minimum Gasteiger partial charge on any atom is -0.388 e. The number of rotatable bonds is 1. The third-order valence-corrected chi connectivity index (χ3v) is 1.97. The molecule has 0 unspecified atom stereocenters. The molecule has 0 fully saturated rings. The van der Waals surface area contributed by atoms with Crippen molar-refractivity contribution in [3.63, 3.8) is 0 Å². The Labute approximate surface area is 88.3 Å². The van der Waals surface area contributed by atoms with Crippen LogP contribution in [0.5, 0.6) is 0 Å².